The lowest BCUT2D eigenvalue weighted by Gasteiger charge is -1.95. The van der Waals surface area contributed by atoms with E-state index in [0.717, 1.165) is 19.6 Å². The van der Waals surface area contributed by atoms with Crippen molar-refractivity contribution in [2.45, 2.75) is 12.8 Å². The average Bonchev–Trinajstić information content (AvgIpc) is 2.41. The third-order valence-electron chi connectivity index (χ3n) is 1.49. The van der Waals surface area contributed by atoms with Crippen molar-refractivity contribution in [3.63, 3.8) is 0 Å². The summed E-state index contributed by atoms with van der Waals surface area (Å²) >= 11 is 13.7. The second kappa shape index (κ2) is 5.49. The van der Waals surface area contributed by atoms with Crippen molar-refractivity contribution < 1.29 is 4.79 Å². The minimum Gasteiger partial charge on any atom is -0.294 e. The third kappa shape index (κ3) is 3.35. The molecule has 0 unspecified atom stereocenters. The first-order valence-electron chi connectivity index (χ1n) is 3.69. The van der Waals surface area contributed by atoms with Crippen molar-refractivity contribution in [1.82, 2.24) is 0 Å². The second-order valence-electron chi connectivity index (χ2n) is 2.45. The molecule has 1 aromatic heterocycles. The number of hydrogen-bond donors (Lipinski definition) is 0. The van der Waals surface area contributed by atoms with E-state index in [1.807, 2.05) is 6.07 Å². The molecule has 0 aliphatic heterocycles. The van der Waals surface area contributed by atoms with Crippen molar-refractivity contribution in [1.29, 1.82) is 0 Å². The molecule has 0 aromatic carbocycles. The van der Waals surface area contributed by atoms with Crippen molar-refractivity contribution in [2.24, 2.45) is 0 Å². The Morgan fingerprint density at radius 1 is 1.54 bits per heavy atom. The Labute approximate surface area is 103 Å². The molecule has 0 saturated carbocycles. The summed E-state index contributed by atoms with van der Waals surface area (Å²) in [4.78, 5) is 11.5. The van der Waals surface area contributed by atoms with Gasteiger partial charge in [-0.25, -0.2) is 0 Å². The lowest BCUT2D eigenvalue weighted by molar-refractivity contribution is 0.0981. The van der Waals surface area contributed by atoms with Crippen LogP contribution >= 0.6 is 54.8 Å². The van der Waals surface area contributed by atoms with Crippen LogP contribution in [0.3, 0.4) is 0 Å². The number of rotatable bonds is 4. The lowest BCUT2D eigenvalue weighted by Crippen LogP contribution is -1.97. The number of Topliss-reactive ketones (excluding diaryl/α,β-unsaturated/α-hetero) is 1. The van der Waals surface area contributed by atoms with Gasteiger partial charge in [0.2, 0.25) is 0 Å². The predicted octanol–water partition coefficient (Wildman–Crippen LogP) is 4.47. The van der Waals surface area contributed by atoms with E-state index >= 15 is 0 Å². The monoisotopic (exact) mass is 344 g/mol. The van der Waals surface area contributed by atoms with Crippen LogP contribution in [0.15, 0.2) is 13.6 Å². The van der Waals surface area contributed by atoms with Gasteiger partial charge in [-0.1, -0.05) is 0 Å². The summed E-state index contributed by atoms with van der Waals surface area (Å²) in [5.41, 5.74) is 0.752. The Hall–Kier alpha value is 0.620. The zero-order chi connectivity index (χ0) is 9.84. The van der Waals surface area contributed by atoms with Crippen LogP contribution in [-0.2, 0) is 0 Å². The maximum atomic E-state index is 11.5. The van der Waals surface area contributed by atoms with E-state index in [-0.39, 0.29) is 5.78 Å². The number of halogens is 3. The summed E-state index contributed by atoms with van der Waals surface area (Å²) in [5, 5.41) is 0. The standard InChI is InChI=1S/C8H7Br2ClOS/c9-7-4-5(8(10)13-7)6(12)2-1-3-11/h4H,1-3H2. The molecule has 0 amide bonds. The molecule has 1 aromatic rings. The highest BCUT2D eigenvalue weighted by Crippen LogP contribution is 2.32. The van der Waals surface area contributed by atoms with E-state index < -0.39 is 0 Å². The predicted molar refractivity (Wildman–Crippen MR) is 64.0 cm³/mol. The van der Waals surface area contributed by atoms with Gasteiger partial charge < -0.3 is 0 Å². The molecule has 1 nitrogen and oxygen atoms in total. The number of carbonyl (C=O) groups excluding carboxylic acids is 1. The molecular formula is C8H7Br2ClOS. The fraction of sp³-hybridized carbons (Fsp3) is 0.375. The van der Waals surface area contributed by atoms with Crippen molar-refractivity contribution in [2.75, 3.05) is 5.88 Å². The zero-order valence-electron chi connectivity index (χ0n) is 6.65. The molecule has 0 aliphatic carbocycles. The first kappa shape index (κ1) is 11.7. The summed E-state index contributed by atoms with van der Waals surface area (Å²) < 4.78 is 1.85. The second-order valence-corrected chi connectivity index (χ2v) is 6.58. The van der Waals surface area contributed by atoms with Gasteiger partial charge in [0.05, 0.1) is 7.57 Å². The van der Waals surface area contributed by atoms with Gasteiger partial charge in [-0.05, 0) is 44.3 Å². The van der Waals surface area contributed by atoms with Gasteiger partial charge >= 0.3 is 0 Å². The van der Waals surface area contributed by atoms with E-state index in [1.54, 1.807) is 0 Å². The van der Waals surface area contributed by atoms with E-state index in [2.05, 4.69) is 31.9 Å². The smallest absolute Gasteiger partial charge is 0.164 e. The molecule has 0 fully saturated rings. The number of thiophene rings is 1. The number of alkyl halides is 1. The maximum absolute atomic E-state index is 11.5. The molecule has 0 aliphatic rings. The Kier molecular flexibility index (Phi) is 4.94. The molecule has 0 N–H and O–H groups in total. The number of carbonyl (C=O) groups is 1. The van der Waals surface area contributed by atoms with Crippen LogP contribution in [0, 0.1) is 0 Å². The topological polar surface area (TPSA) is 17.1 Å². The fourth-order valence-corrected chi connectivity index (χ4v) is 3.88. The van der Waals surface area contributed by atoms with Gasteiger partial charge in [-0.3, -0.25) is 4.79 Å². The van der Waals surface area contributed by atoms with Crippen LogP contribution < -0.4 is 0 Å². The SMILES string of the molecule is O=C(CCCCl)c1cc(Br)sc1Br. The van der Waals surface area contributed by atoms with Gasteiger partial charge in [0, 0.05) is 17.9 Å². The van der Waals surface area contributed by atoms with Gasteiger partial charge in [0.15, 0.2) is 5.78 Å². The maximum Gasteiger partial charge on any atom is 0.164 e. The van der Waals surface area contributed by atoms with E-state index in [1.165, 1.54) is 11.3 Å². The molecule has 13 heavy (non-hydrogen) atoms. The summed E-state index contributed by atoms with van der Waals surface area (Å²) in [5.74, 6) is 0.684. The van der Waals surface area contributed by atoms with Gasteiger partial charge in [0.25, 0.3) is 0 Å². The molecule has 1 rings (SSSR count). The van der Waals surface area contributed by atoms with Crippen LogP contribution in [0.4, 0.5) is 0 Å². The highest BCUT2D eigenvalue weighted by Gasteiger charge is 2.12. The van der Waals surface area contributed by atoms with Crippen molar-refractivity contribution in [3.8, 4) is 0 Å². The Bertz CT molecular complexity index is 311. The molecular weight excluding hydrogens is 339 g/mol. The Morgan fingerprint density at radius 2 is 2.23 bits per heavy atom. The van der Waals surface area contributed by atoms with Gasteiger partial charge in [-0.2, -0.15) is 0 Å². The minimum absolute atomic E-state index is 0.148. The van der Waals surface area contributed by atoms with Gasteiger partial charge in [-0.15, -0.1) is 22.9 Å². The first-order valence-corrected chi connectivity index (χ1v) is 6.63. The molecule has 5 heteroatoms. The fourth-order valence-electron chi connectivity index (χ4n) is 0.892. The van der Waals surface area contributed by atoms with E-state index in [9.17, 15) is 4.79 Å². The van der Waals surface area contributed by atoms with Crippen molar-refractivity contribution in [3.05, 3.63) is 19.2 Å². The molecule has 72 valence electrons. The van der Waals surface area contributed by atoms with Crippen LogP contribution in [0.1, 0.15) is 23.2 Å². The molecule has 0 radical (unpaired) electrons. The van der Waals surface area contributed by atoms with Gasteiger partial charge in [0.1, 0.15) is 0 Å². The summed E-state index contributed by atoms with van der Waals surface area (Å²) in [6.45, 7) is 0. The molecule has 0 bridgehead atoms. The summed E-state index contributed by atoms with van der Waals surface area (Å²) in [6, 6.07) is 1.84. The quantitative estimate of drug-likeness (QED) is 0.580. The Morgan fingerprint density at radius 3 is 2.69 bits per heavy atom. The molecule has 0 atom stereocenters. The normalized spacial score (nSPS) is 10.4. The van der Waals surface area contributed by atoms with Crippen LogP contribution in [0.25, 0.3) is 0 Å². The first-order chi connectivity index (χ1) is 6.15. The molecule has 0 saturated heterocycles. The zero-order valence-corrected chi connectivity index (χ0v) is 11.4. The lowest BCUT2D eigenvalue weighted by atomic mass is 10.1. The minimum atomic E-state index is 0.148. The van der Waals surface area contributed by atoms with Crippen LogP contribution in [-0.4, -0.2) is 11.7 Å². The highest BCUT2D eigenvalue weighted by atomic mass is 79.9. The summed E-state index contributed by atoms with van der Waals surface area (Å²) in [7, 11) is 0. The van der Waals surface area contributed by atoms with E-state index in [0.29, 0.717) is 12.3 Å². The largest absolute Gasteiger partial charge is 0.294 e. The summed E-state index contributed by atoms with van der Waals surface area (Å²) in [6.07, 6.45) is 1.26. The molecule has 1 heterocycles. The average molecular weight is 346 g/mol. The molecule has 0 spiro atoms. The Balaban J connectivity index is 2.70. The third-order valence-corrected chi connectivity index (χ3v) is 4.10. The van der Waals surface area contributed by atoms with Crippen molar-refractivity contribution >= 4 is 60.6 Å². The van der Waals surface area contributed by atoms with Crippen LogP contribution in [0.2, 0.25) is 0 Å². The number of hydrogen-bond acceptors (Lipinski definition) is 2. The van der Waals surface area contributed by atoms with Crippen LogP contribution in [0.5, 0.6) is 0 Å². The highest BCUT2D eigenvalue weighted by molar-refractivity contribution is 9.12. The van der Waals surface area contributed by atoms with E-state index in [4.69, 9.17) is 11.6 Å². The number of ketones is 1.